The molecule has 0 heterocycles. The predicted octanol–water partition coefficient (Wildman–Crippen LogP) is 1.71. The van der Waals surface area contributed by atoms with Crippen LogP contribution in [-0.2, 0) is 19.6 Å². The van der Waals surface area contributed by atoms with Gasteiger partial charge in [-0.15, -0.1) is 0 Å². The maximum Gasteiger partial charge on any atom is 0.338 e. The molecule has 1 aromatic rings. The minimum atomic E-state index is -3.67. The highest BCUT2D eigenvalue weighted by Gasteiger charge is 2.24. The third-order valence-corrected chi connectivity index (χ3v) is 5.60. The van der Waals surface area contributed by atoms with Crippen LogP contribution >= 0.6 is 0 Å². The standard InChI is InChI=1S/C17H26N2O5S/c1-6-19(7-2)25(22,23)14-9-8-13(5)15(10-14)17(21)24-11-16(20)18-12(3)4/h8-10,12H,6-7,11H2,1-5H3,(H,18,20). The number of carbonyl (C=O) groups is 2. The summed E-state index contributed by atoms with van der Waals surface area (Å²) in [6, 6.07) is 4.26. The summed E-state index contributed by atoms with van der Waals surface area (Å²) in [5.74, 6) is -1.14. The van der Waals surface area contributed by atoms with Crippen LogP contribution in [0.4, 0.5) is 0 Å². The average Bonchev–Trinajstić information content (AvgIpc) is 2.53. The van der Waals surface area contributed by atoms with Gasteiger partial charge >= 0.3 is 5.97 Å². The number of sulfonamides is 1. The lowest BCUT2D eigenvalue weighted by molar-refractivity contribution is -0.124. The Morgan fingerprint density at radius 2 is 1.80 bits per heavy atom. The van der Waals surface area contributed by atoms with Gasteiger partial charge in [-0.25, -0.2) is 13.2 Å². The summed E-state index contributed by atoms with van der Waals surface area (Å²) in [6.07, 6.45) is 0. The van der Waals surface area contributed by atoms with Crippen LogP contribution in [0.3, 0.4) is 0 Å². The fourth-order valence-electron chi connectivity index (χ4n) is 2.27. The number of hydrogen-bond donors (Lipinski definition) is 1. The number of nitrogens with one attached hydrogen (secondary N) is 1. The molecular formula is C17H26N2O5S. The first-order valence-electron chi connectivity index (χ1n) is 8.20. The molecule has 0 aromatic heterocycles. The van der Waals surface area contributed by atoms with E-state index in [1.807, 2.05) is 0 Å². The zero-order valence-corrected chi connectivity index (χ0v) is 16.1. The number of benzene rings is 1. The van der Waals surface area contributed by atoms with Crippen molar-refractivity contribution >= 4 is 21.9 Å². The molecular weight excluding hydrogens is 344 g/mol. The van der Waals surface area contributed by atoms with Gasteiger partial charge in [0, 0.05) is 19.1 Å². The largest absolute Gasteiger partial charge is 0.452 e. The van der Waals surface area contributed by atoms with Crippen molar-refractivity contribution in [3.8, 4) is 0 Å². The van der Waals surface area contributed by atoms with Crippen LogP contribution in [-0.4, -0.2) is 50.3 Å². The van der Waals surface area contributed by atoms with Crippen molar-refractivity contribution in [3.05, 3.63) is 29.3 Å². The first-order valence-corrected chi connectivity index (χ1v) is 9.64. The summed E-state index contributed by atoms with van der Waals surface area (Å²) in [6.45, 7) is 9.03. The summed E-state index contributed by atoms with van der Waals surface area (Å²) in [5.41, 5.74) is 0.707. The van der Waals surface area contributed by atoms with E-state index in [2.05, 4.69) is 5.32 Å². The molecule has 0 atom stereocenters. The van der Waals surface area contributed by atoms with Gasteiger partial charge in [0.05, 0.1) is 10.5 Å². The second kappa shape index (κ2) is 8.96. The number of rotatable bonds is 8. The highest BCUT2D eigenvalue weighted by atomic mass is 32.2. The van der Waals surface area contributed by atoms with E-state index in [9.17, 15) is 18.0 Å². The molecule has 8 heteroatoms. The van der Waals surface area contributed by atoms with Crippen molar-refractivity contribution in [3.63, 3.8) is 0 Å². The van der Waals surface area contributed by atoms with Crippen LogP contribution < -0.4 is 5.32 Å². The smallest absolute Gasteiger partial charge is 0.338 e. The number of amides is 1. The molecule has 1 N–H and O–H groups in total. The fourth-order valence-corrected chi connectivity index (χ4v) is 3.75. The number of aryl methyl sites for hydroxylation is 1. The predicted molar refractivity (Wildman–Crippen MR) is 94.8 cm³/mol. The molecule has 0 spiro atoms. The summed E-state index contributed by atoms with van der Waals surface area (Å²) in [7, 11) is -3.67. The van der Waals surface area contributed by atoms with Crippen LogP contribution in [0.5, 0.6) is 0 Å². The normalized spacial score (nSPS) is 11.6. The Morgan fingerprint density at radius 3 is 2.32 bits per heavy atom. The van der Waals surface area contributed by atoms with E-state index in [1.165, 1.54) is 16.4 Å². The van der Waals surface area contributed by atoms with Crippen molar-refractivity contribution < 1.29 is 22.7 Å². The molecule has 140 valence electrons. The molecule has 0 aliphatic heterocycles. The van der Waals surface area contributed by atoms with E-state index in [-0.39, 0.29) is 16.5 Å². The van der Waals surface area contributed by atoms with Crippen molar-refractivity contribution in [1.82, 2.24) is 9.62 Å². The topological polar surface area (TPSA) is 92.8 Å². The lowest BCUT2D eigenvalue weighted by atomic mass is 10.1. The van der Waals surface area contributed by atoms with E-state index in [1.54, 1.807) is 40.7 Å². The van der Waals surface area contributed by atoms with Gasteiger partial charge in [0.1, 0.15) is 0 Å². The van der Waals surface area contributed by atoms with Crippen molar-refractivity contribution in [2.75, 3.05) is 19.7 Å². The van der Waals surface area contributed by atoms with E-state index in [0.29, 0.717) is 18.7 Å². The van der Waals surface area contributed by atoms with Gasteiger partial charge < -0.3 is 10.1 Å². The third-order valence-electron chi connectivity index (χ3n) is 3.56. The van der Waals surface area contributed by atoms with Crippen molar-refractivity contribution in [2.45, 2.75) is 45.6 Å². The monoisotopic (exact) mass is 370 g/mol. The molecule has 0 saturated heterocycles. The van der Waals surface area contributed by atoms with Gasteiger partial charge in [-0.1, -0.05) is 19.9 Å². The second-order valence-electron chi connectivity index (χ2n) is 5.86. The zero-order valence-electron chi connectivity index (χ0n) is 15.3. The van der Waals surface area contributed by atoms with Crippen molar-refractivity contribution in [1.29, 1.82) is 0 Å². The Balaban J connectivity index is 3.02. The number of ether oxygens (including phenoxy) is 1. The van der Waals surface area contributed by atoms with E-state index >= 15 is 0 Å². The summed E-state index contributed by atoms with van der Waals surface area (Å²) in [5, 5.41) is 2.61. The van der Waals surface area contributed by atoms with E-state index in [4.69, 9.17) is 4.74 Å². The number of esters is 1. The summed E-state index contributed by atoms with van der Waals surface area (Å²) < 4.78 is 31.5. The summed E-state index contributed by atoms with van der Waals surface area (Å²) >= 11 is 0. The van der Waals surface area contributed by atoms with Crippen LogP contribution in [0, 0.1) is 6.92 Å². The van der Waals surface area contributed by atoms with Crippen LogP contribution in [0.15, 0.2) is 23.1 Å². The lowest BCUT2D eigenvalue weighted by Gasteiger charge is -2.19. The molecule has 0 fully saturated rings. The maximum atomic E-state index is 12.6. The minimum Gasteiger partial charge on any atom is -0.452 e. The first-order chi connectivity index (χ1) is 11.6. The Morgan fingerprint density at radius 1 is 1.20 bits per heavy atom. The Bertz CT molecular complexity index is 725. The lowest BCUT2D eigenvalue weighted by Crippen LogP contribution is -2.34. The van der Waals surface area contributed by atoms with Crippen LogP contribution in [0.1, 0.15) is 43.6 Å². The van der Waals surface area contributed by atoms with Crippen molar-refractivity contribution in [2.24, 2.45) is 0 Å². The Kier molecular flexibility index (Phi) is 7.57. The van der Waals surface area contributed by atoms with Crippen LogP contribution in [0.2, 0.25) is 0 Å². The molecule has 0 aliphatic rings. The highest BCUT2D eigenvalue weighted by Crippen LogP contribution is 2.20. The maximum absolute atomic E-state index is 12.6. The Labute approximate surface area is 149 Å². The number of carbonyl (C=O) groups excluding carboxylic acids is 2. The molecule has 0 aliphatic carbocycles. The Hall–Kier alpha value is -1.93. The van der Waals surface area contributed by atoms with Gasteiger partial charge in [-0.3, -0.25) is 4.79 Å². The fraction of sp³-hybridized carbons (Fsp3) is 0.529. The van der Waals surface area contributed by atoms with Gasteiger partial charge in [-0.2, -0.15) is 4.31 Å². The number of nitrogens with zero attached hydrogens (tertiary/aromatic N) is 1. The molecule has 25 heavy (non-hydrogen) atoms. The van der Waals surface area contributed by atoms with Gasteiger partial charge in [-0.05, 0) is 38.5 Å². The number of hydrogen-bond acceptors (Lipinski definition) is 5. The minimum absolute atomic E-state index is 0.0281. The average molecular weight is 370 g/mol. The quantitative estimate of drug-likeness (QED) is 0.703. The molecule has 0 radical (unpaired) electrons. The molecule has 1 aromatic carbocycles. The van der Waals surface area contributed by atoms with E-state index in [0.717, 1.165) is 0 Å². The van der Waals surface area contributed by atoms with Gasteiger partial charge in [0.2, 0.25) is 10.0 Å². The molecule has 0 saturated carbocycles. The third kappa shape index (κ3) is 5.54. The first kappa shape index (κ1) is 21.1. The molecule has 0 bridgehead atoms. The van der Waals surface area contributed by atoms with Gasteiger partial charge in [0.25, 0.3) is 5.91 Å². The molecule has 0 unspecified atom stereocenters. The second-order valence-corrected chi connectivity index (χ2v) is 7.80. The molecule has 1 rings (SSSR count). The van der Waals surface area contributed by atoms with Gasteiger partial charge in [0.15, 0.2) is 6.61 Å². The van der Waals surface area contributed by atoms with Crippen LogP contribution in [0.25, 0.3) is 0 Å². The zero-order chi connectivity index (χ0) is 19.2. The highest BCUT2D eigenvalue weighted by molar-refractivity contribution is 7.89. The SMILES string of the molecule is CCN(CC)S(=O)(=O)c1ccc(C)c(C(=O)OCC(=O)NC(C)C)c1. The van der Waals surface area contributed by atoms with E-state index < -0.39 is 28.5 Å². The molecule has 7 nitrogen and oxygen atoms in total. The summed E-state index contributed by atoms with van der Waals surface area (Å²) in [4.78, 5) is 23.8. The molecule has 1 amide bonds.